The fraction of sp³-hybridized carbons (Fsp3) is 0.429. The lowest BCUT2D eigenvalue weighted by Gasteiger charge is -2.19. The number of carbonyl (C=O) groups excluding carboxylic acids is 1. The molecule has 0 unspecified atom stereocenters. The predicted octanol–water partition coefficient (Wildman–Crippen LogP) is 2.26. The molecule has 114 valence electrons. The van der Waals surface area contributed by atoms with Crippen LogP contribution in [0.15, 0.2) is 16.6 Å². The number of ether oxygens (including phenoxy) is 2. The van der Waals surface area contributed by atoms with Gasteiger partial charge in [0.2, 0.25) is 5.91 Å². The zero-order chi connectivity index (χ0) is 15.4. The quantitative estimate of drug-likeness (QED) is 0.863. The van der Waals surface area contributed by atoms with Gasteiger partial charge >= 0.3 is 5.97 Å². The van der Waals surface area contributed by atoms with E-state index in [4.69, 9.17) is 14.6 Å². The molecule has 1 aromatic carbocycles. The summed E-state index contributed by atoms with van der Waals surface area (Å²) >= 11 is 3.40. The topological polar surface area (TPSA) is 84.9 Å². The molecular formula is C14H16BrNO5. The molecule has 0 aromatic heterocycles. The van der Waals surface area contributed by atoms with Gasteiger partial charge in [0.15, 0.2) is 11.5 Å². The summed E-state index contributed by atoms with van der Waals surface area (Å²) in [6.07, 6.45) is 0.576. The van der Waals surface area contributed by atoms with Gasteiger partial charge in [-0.15, -0.1) is 0 Å². The second-order valence-corrected chi connectivity index (χ2v) is 5.59. The Hall–Kier alpha value is -1.76. The molecule has 0 bridgehead atoms. The maximum absolute atomic E-state index is 11.3. The summed E-state index contributed by atoms with van der Waals surface area (Å²) in [5.74, 6) is -0.118. The Bertz CT molecular complexity index is 545. The third kappa shape index (κ3) is 4.10. The van der Waals surface area contributed by atoms with Crippen LogP contribution in [0.2, 0.25) is 0 Å². The van der Waals surface area contributed by atoms with Crippen LogP contribution in [0.4, 0.5) is 0 Å². The largest absolute Gasteiger partial charge is 0.490 e. The number of benzene rings is 1. The first-order valence-electron chi connectivity index (χ1n) is 6.55. The fourth-order valence-electron chi connectivity index (χ4n) is 2.12. The summed E-state index contributed by atoms with van der Waals surface area (Å²) in [6.45, 7) is 2.45. The Morgan fingerprint density at radius 2 is 2.10 bits per heavy atom. The van der Waals surface area contributed by atoms with Gasteiger partial charge < -0.3 is 19.9 Å². The number of hydrogen-bond donors (Lipinski definition) is 2. The average molecular weight is 358 g/mol. The van der Waals surface area contributed by atoms with Gasteiger partial charge in [0.1, 0.15) is 0 Å². The fourth-order valence-corrected chi connectivity index (χ4v) is 2.70. The van der Waals surface area contributed by atoms with E-state index in [1.54, 1.807) is 12.1 Å². The van der Waals surface area contributed by atoms with Crippen LogP contribution in [0.25, 0.3) is 0 Å². The normalized spacial score (nSPS) is 15.0. The third-order valence-electron chi connectivity index (χ3n) is 2.98. The minimum atomic E-state index is -0.989. The molecule has 0 spiro atoms. The van der Waals surface area contributed by atoms with Crippen LogP contribution in [0.1, 0.15) is 31.4 Å². The van der Waals surface area contributed by atoms with E-state index in [9.17, 15) is 9.59 Å². The molecule has 0 saturated heterocycles. The van der Waals surface area contributed by atoms with Gasteiger partial charge in [-0.05, 0) is 33.6 Å². The summed E-state index contributed by atoms with van der Waals surface area (Å²) in [7, 11) is 0. The van der Waals surface area contributed by atoms with Gasteiger partial charge in [0.05, 0.1) is 30.1 Å². The van der Waals surface area contributed by atoms with Crippen molar-refractivity contribution in [3.05, 3.63) is 22.2 Å². The Labute approximate surface area is 130 Å². The van der Waals surface area contributed by atoms with Crippen LogP contribution in [0.5, 0.6) is 11.5 Å². The summed E-state index contributed by atoms with van der Waals surface area (Å²) in [6, 6.07) is 2.85. The first kappa shape index (κ1) is 15.6. The number of carboxylic acid groups (broad SMARTS) is 1. The van der Waals surface area contributed by atoms with Crippen molar-refractivity contribution in [2.75, 3.05) is 13.2 Å². The van der Waals surface area contributed by atoms with Gasteiger partial charge in [-0.3, -0.25) is 9.59 Å². The predicted molar refractivity (Wildman–Crippen MR) is 78.6 cm³/mol. The number of carbonyl (C=O) groups is 2. The molecule has 1 aliphatic rings. The highest BCUT2D eigenvalue weighted by atomic mass is 79.9. The molecule has 1 aromatic rings. The van der Waals surface area contributed by atoms with Gasteiger partial charge in [-0.1, -0.05) is 0 Å². The van der Waals surface area contributed by atoms with E-state index in [1.165, 1.54) is 6.92 Å². The average Bonchev–Trinajstić information content (AvgIpc) is 2.62. The molecule has 2 rings (SSSR count). The highest BCUT2D eigenvalue weighted by Gasteiger charge is 2.22. The molecule has 0 fully saturated rings. The second kappa shape index (κ2) is 6.80. The summed E-state index contributed by atoms with van der Waals surface area (Å²) in [4.78, 5) is 22.2. The van der Waals surface area contributed by atoms with Crippen molar-refractivity contribution in [2.45, 2.75) is 25.8 Å². The van der Waals surface area contributed by atoms with Gasteiger partial charge in [-0.2, -0.15) is 0 Å². The molecule has 7 heteroatoms. The Kier molecular flexibility index (Phi) is 5.06. The minimum Gasteiger partial charge on any atom is -0.490 e. The molecular weight excluding hydrogens is 342 g/mol. The molecule has 1 amide bonds. The zero-order valence-electron chi connectivity index (χ0n) is 11.5. The Balaban J connectivity index is 2.36. The van der Waals surface area contributed by atoms with Crippen LogP contribution in [0.3, 0.4) is 0 Å². The Morgan fingerprint density at radius 3 is 2.76 bits per heavy atom. The lowest BCUT2D eigenvalue weighted by atomic mass is 10.0. The minimum absolute atomic E-state index is 0.203. The number of hydrogen-bond acceptors (Lipinski definition) is 4. The molecule has 1 aliphatic heterocycles. The van der Waals surface area contributed by atoms with Crippen molar-refractivity contribution in [1.82, 2.24) is 5.32 Å². The third-order valence-corrected chi connectivity index (χ3v) is 3.57. The summed E-state index contributed by atoms with van der Waals surface area (Å²) in [5, 5.41) is 11.6. The highest BCUT2D eigenvalue weighted by Crippen LogP contribution is 2.40. The van der Waals surface area contributed by atoms with Crippen molar-refractivity contribution >= 4 is 27.8 Å². The molecule has 21 heavy (non-hydrogen) atoms. The van der Waals surface area contributed by atoms with Crippen molar-refractivity contribution in [1.29, 1.82) is 0 Å². The van der Waals surface area contributed by atoms with Crippen LogP contribution < -0.4 is 14.8 Å². The van der Waals surface area contributed by atoms with E-state index in [2.05, 4.69) is 21.2 Å². The van der Waals surface area contributed by atoms with Crippen LogP contribution in [-0.2, 0) is 9.59 Å². The number of halogens is 1. The first-order valence-corrected chi connectivity index (χ1v) is 7.34. The van der Waals surface area contributed by atoms with Crippen molar-refractivity contribution < 1.29 is 24.2 Å². The number of carboxylic acids is 1. The number of aliphatic carboxylic acids is 1. The maximum Gasteiger partial charge on any atom is 0.305 e. The summed E-state index contributed by atoms with van der Waals surface area (Å²) < 4.78 is 11.9. The van der Waals surface area contributed by atoms with Gasteiger partial charge in [-0.25, -0.2) is 0 Å². The van der Waals surface area contributed by atoms with E-state index in [0.29, 0.717) is 34.7 Å². The lowest BCUT2D eigenvalue weighted by molar-refractivity contribution is -0.137. The monoisotopic (exact) mass is 357 g/mol. The Morgan fingerprint density at radius 1 is 1.38 bits per heavy atom. The van der Waals surface area contributed by atoms with Crippen LogP contribution in [-0.4, -0.2) is 30.2 Å². The maximum atomic E-state index is 11.3. The lowest BCUT2D eigenvalue weighted by Crippen LogP contribution is -2.28. The SMILES string of the molecule is CC(=O)N[C@@H](CC(=O)O)c1cc(Br)c2c(c1)OCCCO2. The summed E-state index contributed by atoms with van der Waals surface area (Å²) in [5.41, 5.74) is 0.656. The molecule has 0 radical (unpaired) electrons. The molecule has 6 nitrogen and oxygen atoms in total. The van der Waals surface area contributed by atoms with Gasteiger partial charge in [0.25, 0.3) is 0 Å². The molecule has 0 aliphatic carbocycles. The standard InChI is InChI=1S/C14H16BrNO5/c1-8(17)16-11(7-13(18)19)9-5-10(15)14-12(6-9)20-3-2-4-21-14/h5-6,11H,2-4,7H2,1H3,(H,16,17)(H,18,19)/t11-/m0/s1. The molecule has 1 heterocycles. The van der Waals surface area contributed by atoms with E-state index in [1.807, 2.05) is 0 Å². The van der Waals surface area contributed by atoms with Crippen LogP contribution in [0, 0.1) is 0 Å². The van der Waals surface area contributed by atoms with Gasteiger partial charge in [0, 0.05) is 13.3 Å². The highest BCUT2D eigenvalue weighted by molar-refractivity contribution is 9.10. The van der Waals surface area contributed by atoms with E-state index < -0.39 is 12.0 Å². The number of rotatable bonds is 4. The zero-order valence-corrected chi connectivity index (χ0v) is 13.1. The van der Waals surface area contributed by atoms with E-state index in [-0.39, 0.29) is 12.3 Å². The van der Waals surface area contributed by atoms with E-state index in [0.717, 1.165) is 6.42 Å². The molecule has 1 atom stereocenters. The number of nitrogens with one attached hydrogen (secondary N) is 1. The van der Waals surface area contributed by atoms with Crippen molar-refractivity contribution in [3.63, 3.8) is 0 Å². The number of amides is 1. The smallest absolute Gasteiger partial charge is 0.305 e. The molecule has 2 N–H and O–H groups in total. The first-order chi connectivity index (χ1) is 9.97. The van der Waals surface area contributed by atoms with Crippen molar-refractivity contribution in [3.8, 4) is 11.5 Å². The van der Waals surface area contributed by atoms with Crippen molar-refractivity contribution in [2.24, 2.45) is 0 Å². The number of fused-ring (bicyclic) bond motifs is 1. The second-order valence-electron chi connectivity index (χ2n) is 4.73. The van der Waals surface area contributed by atoms with E-state index >= 15 is 0 Å². The van der Waals surface area contributed by atoms with Crippen LogP contribution >= 0.6 is 15.9 Å². The molecule has 0 saturated carbocycles.